The maximum atomic E-state index is 12.2. The number of hydrogen-bond acceptors (Lipinski definition) is 4. The number of fused-ring (bicyclic) bond motifs is 1. The van der Waals surface area contributed by atoms with Gasteiger partial charge in [-0.1, -0.05) is 18.2 Å². The fourth-order valence-corrected chi connectivity index (χ4v) is 2.80. The molecule has 0 atom stereocenters. The first-order valence-corrected chi connectivity index (χ1v) is 7.33. The smallest absolute Gasteiger partial charge is 0.239 e. The lowest BCUT2D eigenvalue weighted by molar-refractivity contribution is -0.119. The van der Waals surface area contributed by atoms with E-state index in [0.29, 0.717) is 19.0 Å². The van der Waals surface area contributed by atoms with E-state index in [-0.39, 0.29) is 5.91 Å². The first-order valence-electron chi connectivity index (χ1n) is 7.33. The van der Waals surface area contributed by atoms with Gasteiger partial charge in [-0.25, -0.2) is 0 Å². The normalized spacial score (nSPS) is 13.1. The molecule has 1 amide bonds. The Kier molecular flexibility index (Phi) is 4.00. The lowest BCUT2D eigenvalue weighted by Gasteiger charge is -2.18. The van der Waals surface area contributed by atoms with Crippen LogP contribution in [0.1, 0.15) is 11.1 Å². The van der Waals surface area contributed by atoms with Gasteiger partial charge in [0.05, 0.1) is 19.2 Å². The summed E-state index contributed by atoms with van der Waals surface area (Å²) < 4.78 is 6.86. The van der Waals surface area contributed by atoms with Crippen molar-refractivity contribution in [1.29, 1.82) is 0 Å². The van der Waals surface area contributed by atoms with Gasteiger partial charge in [-0.3, -0.25) is 9.48 Å². The molecule has 6 nitrogen and oxygen atoms in total. The highest BCUT2D eigenvalue weighted by molar-refractivity contribution is 5.82. The van der Waals surface area contributed by atoms with Crippen molar-refractivity contribution in [2.24, 2.45) is 7.05 Å². The Bertz CT molecular complexity index is 681. The molecule has 116 valence electrons. The molecule has 0 fully saturated rings. The van der Waals surface area contributed by atoms with E-state index < -0.39 is 0 Å². The number of nitrogens with zero attached hydrogens (tertiary/aromatic N) is 3. The molecule has 0 saturated heterocycles. The summed E-state index contributed by atoms with van der Waals surface area (Å²) in [5, 5.41) is 7.10. The molecule has 22 heavy (non-hydrogen) atoms. The van der Waals surface area contributed by atoms with E-state index in [4.69, 9.17) is 4.74 Å². The van der Waals surface area contributed by atoms with Gasteiger partial charge in [0.15, 0.2) is 0 Å². The van der Waals surface area contributed by atoms with E-state index in [2.05, 4.69) is 27.4 Å². The van der Waals surface area contributed by atoms with Crippen LogP contribution in [0.15, 0.2) is 30.5 Å². The Balaban J connectivity index is 1.57. The van der Waals surface area contributed by atoms with Crippen molar-refractivity contribution in [1.82, 2.24) is 15.1 Å². The molecule has 0 saturated carbocycles. The van der Waals surface area contributed by atoms with Gasteiger partial charge in [-0.2, -0.15) is 0 Å². The topological polar surface area (TPSA) is 59.4 Å². The average molecular weight is 300 g/mol. The summed E-state index contributed by atoms with van der Waals surface area (Å²) in [6.07, 6.45) is 2.85. The largest absolute Gasteiger partial charge is 0.480 e. The summed E-state index contributed by atoms with van der Waals surface area (Å²) in [6, 6.07) is 8.24. The van der Waals surface area contributed by atoms with Gasteiger partial charge < -0.3 is 15.0 Å². The predicted molar refractivity (Wildman–Crippen MR) is 84.0 cm³/mol. The SMILES string of the molecule is COc1nn(C)cc1CNC(=O)CN1CCc2ccccc21. The number of para-hydroxylation sites is 1. The number of benzene rings is 1. The highest BCUT2D eigenvalue weighted by atomic mass is 16.5. The Labute approximate surface area is 129 Å². The minimum Gasteiger partial charge on any atom is -0.480 e. The summed E-state index contributed by atoms with van der Waals surface area (Å²) in [5.41, 5.74) is 3.35. The van der Waals surface area contributed by atoms with Crippen LogP contribution in [0.5, 0.6) is 5.88 Å². The standard InChI is InChI=1S/C16H20N4O2/c1-19-10-13(16(18-19)22-2)9-17-15(21)11-20-8-7-12-5-3-4-6-14(12)20/h3-6,10H,7-9,11H2,1-2H3,(H,17,21). The molecule has 0 bridgehead atoms. The molecular weight excluding hydrogens is 280 g/mol. The molecule has 1 aliphatic rings. The van der Waals surface area contributed by atoms with E-state index in [0.717, 1.165) is 24.2 Å². The number of methoxy groups -OCH3 is 1. The molecule has 0 aliphatic carbocycles. The second-order valence-corrected chi connectivity index (χ2v) is 5.41. The van der Waals surface area contributed by atoms with Crippen molar-refractivity contribution in [2.45, 2.75) is 13.0 Å². The second kappa shape index (κ2) is 6.09. The summed E-state index contributed by atoms with van der Waals surface area (Å²) in [7, 11) is 3.41. The lowest BCUT2D eigenvalue weighted by atomic mass is 10.2. The molecule has 0 unspecified atom stereocenters. The van der Waals surface area contributed by atoms with Crippen LogP contribution >= 0.6 is 0 Å². The van der Waals surface area contributed by atoms with Crippen molar-refractivity contribution in [3.05, 3.63) is 41.6 Å². The van der Waals surface area contributed by atoms with E-state index in [9.17, 15) is 4.79 Å². The number of aryl methyl sites for hydroxylation is 1. The number of nitrogens with one attached hydrogen (secondary N) is 1. The molecular formula is C16H20N4O2. The number of rotatable bonds is 5. The predicted octanol–water partition coefficient (Wildman–Crippen LogP) is 1.11. The molecule has 0 radical (unpaired) electrons. The number of ether oxygens (including phenoxy) is 1. The van der Waals surface area contributed by atoms with E-state index in [1.807, 2.05) is 25.4 Å². The van der Waals surface area contributed by atoms with Gasteiger partial charge in [0.1, 0.15) is 0 Å². The van der Waals surface area contributed by atoms with Crippen molar-refractivity contribution >= 4 is 11.6 Å². The monoisotopic (exact) mass is 300 g/mol. The molecule has 1 aromatic carbocycles. The first-order chi connectivity index (χ1) is 10.7. The van der Waals surface area contributed by atoms with Gasteiger partial charge in [0.25, 0.3) is 0 Å². The van der Waals surface area contributed by atoms with Crippen LogP contribution in [-0.2, 0) is 24.8 Å². The summed E-state index contributed by atoms with van der Waals surface area (Å²) in [6.45, 7) is 1.69. The molecule has 2 aromatic rings. The molecule has 0 spiro atoms. The zero-order valence-corrected chi connectivity index (χ0v) is 12.9. The Morgan fingerprint density at radius 3 is 3.05 bits per heavy atom. The lowest BCUT2D eigenvalue weighted by Crippen LogP contribution is -2.36. The van der Waals surface area contributed by atoms with Crippen LogP contribution in [0.3, 0.4) is 0 Å². The molecule has 2 heterocycles. The quantitative estimate of drug-likeness (QED) is 0.898. The number of amides is 1. The van der Waals surface area contributed by atoms with Gasteiger partial charge in [-0.05, 0) is 18.1 Å². The molecule has 3 rings (SSSR count). The number of aromatic nitrogens is 2. The van der Waals surface area contributed by atoms with Crippen LogP contribution < -0.4 is 15.0 Å². The third-order valence-electron chi connectivity index (χ3n) is 3.85. The molecule has 1 aliphatic heterocycles. The number of anilines is 1. The minimum atomic E-state index is 0.00242. The Morgan fingerprint density at radius 1 is 1.41 bits per heavy atom. The maximum Gasteiger partial charge on any atom is 0.239 e. The third kappa shape index (κ3) is 2.90. The Morgan fingerprint density at radius 2 is 2.23 bits per heavy atom. The second-order valence-electron chi connectivity index (χ2n) is 5.41. The average Bonchev–Trinajstić information content (AvgIpc) is 3.09. The van der Waals surface area contributed by atoms with Crippen LogP contribution in [-0.4, -0.2) is 35.9 Å². The molecule has 1 aromatic heterocycles. The zero-order valence-electron chi connectivity index (χ0n) is 12.9. The van der Waals surface area contributed by atoms with Crippen molar-refractivity contribution in [3.63, 3.8) is 0 Å². The number of hydrogen-bond donors (Lipinski definition) is 1. The van der Waals surface area contributed by atoms with E-state index in [1.165, 1.54) is 5.56 Å². The highest BCUT2D eigenvalue weighted by Gasteiger charge is 2.20. The van der Waals surface area contributed by atoms with E-state index >= 15 is 0 Å². The zero-order chi connectivity index (χ0) is 15.5. The van der Waals surface area contributed by atoms with Gasteiger partial charge in [0.2, 0.25) is 11.8 Å². The highest BCUT2D eigenvalue weighted by Crippen LogP contribution is 2.26. The first kappa shape index (κ1) is 14.4. The van der Waals surface area contributed by atoms with Crippen molar-refractivity contribution in [2.75, 3.05) is 25.1 Å². The van der Waals surface area contributed by atoms with Gasteiger partial charge >= 0.3 is 0 Å². The summed E-state index contributed by atoms with van der Waals surface area (Å²) in [5.74, 6) is 0.553. The van der Waals surface area contributed by atoms with Gasteiger partial charge in [-0.15, -0.1) is 5.10 Å². The molecule has 1 N–H and O–H groups in total. The van der Waals surface area contributed by atoms with Crippen molar-refractivity contribution < 1.29 is 9.53 Å². The molecule has 6 heteroatoms. The van der Waals surface area contributed by atoms with Crippen LogP contribution in [0.4, 0.5) is 5.69 Å². The van der Waals surface area contributed by atoms with Gasteiger partial charge in [0, 0.05) is 32.0 Å². The minimum absolute atomic E-state index is 0.00242. The fourth-order valence-electron chi connectivity index (χ4n) is 2.80. The maximum absolute atomic E-state index is 12.2. The number of carbonyl (C=O) groups is 1. The van der Waals surface area contributed by atoms with Crippen molar-refractivity contribution in [3.8, 4) is 5.88 Å². The summed E-state index contributed by atoms with van der Waals surface area (Å²) in [4.78, 5) is 14.3. The third-order valence-corrected chi connectivity index (χ3v) is 3.85. The van der Waals surface area contributed by atoms with Crippen LogP contribution in [0, 0.1) is 0 Å². The Hall–Kier alpha value is -2.50. The number of carbonyl (C=O) groups excluding carboxylic acids is 1. The fraction of sp³-hybridized carbons (Fsp3) is 0.375. The van der Waals surface area contributed by atoms with E-state index in [1.54, 1.807) is 11.8 Å². The van der Waals surface area contributed by atoms with Crippen LogP contribution in [0.25, 0.3) is 0 Å². The summed E-state index contributed by atoms with van der Waals surface area (Å²) >= 11 is 0. The van der Waals surface area contributed by atoms with Crippen LogP contribution in [0.2, 0.25) is 0 Å².